The van der Waals surface area contributed by atoms with Gasteiger partial charge in [0, 0.05) is 62.0 Å². The van der Waals surface area contributed by atoms with Crippen molar-refractivity contribution in [2.24, 2.45) is 0 Å². The highest BCUT2D eigenvalue weighted by Crippen LogP contribution is 2.54. The summed E-state index contributed by atoms with van der Waals surface area (Å²) in [6.07, 6.45) is 12.3. The van der Waals surface area contributed by atoms with Gasteiger partial charge in [-0.25, -0.2) is 0 Å². The van der Waals surface area contributed by atoms with Crippen LogP contribution in [0.1, 0.15) is 69.3 Å². The Morgan fingerprint density at radius 3 is 2.73 bits per heavy atom. The molecule has 33 heavy (non-hydrogen) atoms. The van der Waals surface area contributed by atoms with Crippen molar-refractivity contribution in [2.45, 2.75) is 87.4 Å². The number of hydrogen-bond donors (Lipinski definition) is 0. The van der Waals surface area contributed by atoms with E-state index in [0.29, 0.717) is 18.4 Å². The second kappa shape index (κ2) is 8.66. The lowest BCUT2D eigenvalue weighted by molar-refractivity contribution is -0.147. The summed E-state index contributed by atoms with van der Waals surface area (Å²) in [4.78, 5) is 38.3. The van der Waals surface area contributed by atoms with Crippen molar-refractivity contribution in [3.63, 3.8) is 0 Å². The summed E-state index contributed by atoms with van der Waals surface area (Å²) in [5.74, 6) is 0.762. The molecule has 0 aromatic carbocycles. The van der Waals surface area contributed by atoms with Gasteiger partial charge in [-0.05, 0) is 63.0 Å². The van der Waals surface area contributed by atoms with E-state index in [4.69, 9.17) is 4.74 Å². The molecule has 6 rings (SSSR count). The number of hydrogen-bond acceptors (Lipinski definition) is 5. The van der Waals surface area contributed by atoms with Crippen LogP contribution in [0.4, 0.5) is 0 Å². The average molecular weight is 453 g/mol. The lowest BCUT2D eigenvalue weighted by Gasteiger charge is -2.40. The van der Waals surface area contributed by atoms with Crippen LogP contribution < -0.4 is 0 Å². The van der Waals surface area contributed by atoms with Crippen LogP contribution >= 0.6 is 0 Å². The molecule has 1 aliphatic carbocycles. The predicted molar refractivity (Wildman–Crippen MR) is 124 cm³/mol. The van der Waals surface area contributed by atoms with Crippen molar-refractivity contribution in [2.75, 3.05) is 32.8 Å². The first-order chi connectivity index (χ1) is 16.1. The Hall–Kier alpha value is -1.99. The van der Waals surface area contributed by atoms with E-state index in [1.54, 1.807) is 0 Å². The van der Waals surface area contributed by atoms with Crippen molar-refractivity contribution < 1.29 is 14.3 Å². The summed E-state index contributed by atoms with van der Waals surface area (Å²) < 4.78 is 5.56. The minimum Gasteiger partial charge on any atom is -0.379 e. The van der Waals surface area contributed by atoms with E-state index in [1.807, 2.05) is 23.4 Å². The summed E-state index contributed by atoms with van der Waals surface area (Å²) in [7, 11) is 0. The third-order valence-corrected chi connectivity index (χ3v) is 8.96. The molecular formula is C26H36N4O3. The number of nitrogens with zero attached hydrogens (tertiary/aromatic N) is 4. The zero-order valence-electron chi connectivity index (χ0n) is 19.5. The fourth-order valence-electron chi connectivity index (χ4n) is 7.07. The van der Waals surface area contributed by atoms with Gasteiger partial charge in [-0.1, -0.05) is 6.07 Å². The number of aromatic nitrogens is 1. The molecule has 0 N–H and O–H groups in total. The van der Waals surface area contributed by atoms with E-state index in [2.05, 4.69) is 20.9 Å². The molecule has 0 unspecified atom stereocenters. The van der Waals surface area contributed by atoms with Gasteiger partial charge in [0.05, 0.1) is 13.2 Å². The molecule has 5 fully saturated rings. The first kappa shape index (κ1) is 21.5. The molecule has 178 valence electrons. The van der Waals surface area contributed by atoms with E-state index < -0.39 is 0 Å². The number of amides is 2. The Kier molecular flexibility index (Phi) is 5.65. The van der Waals surface area contributed by atoms with Gasteiger partial charge in [0.2, 0.25) is 11.8 Å². The van der Waals surface area contributed by atoms with Gasteiger partial charge in [0.25, 0.3) is 0 Å². The number of pyridine rings is 1. The molecule has 4 saturated heterocycles. The van der Waals surface area contributed by atoms with Crippen LogP contribution in [0.15, 0.2) is 24.5 Å². The topological polar surface area (TPSA) is 66.0 Å². The van der Waals surface area contributed by atoms with Gasteiger partial charge >= 0.3 is 0 Å². The fraction of sp³-hybridized carbons (Fsp3) is 0.731. The van der Waals surface area contributed by atoms with E-state index in [1.165, 1.54) is 5.56 Å². The third-order valence-electron chi connectivity index (χ3n) is 8.96. The maximum Gasteiger partial charge on any atom is 0.245 e. The number of carbonyl (C=O) groups is 2. The Labute approximate surface area is 196 Å². The molecule has 4 aliphatic heterocycles. The smallest absolute Gasteiger partial charge is 0.245 e. The highest BCUT2D eigenvalue weighted by molar-refractivity contribution is 5.89. The molecule has 0 radical (unpaired) electrons. The Balaban J connectivity index is 1.19. The molecule has 5 heterocycles. The number of fused-ring (bicyclic) bond motifs is 1. The highest BCUT2D eigenvalue weighted by Gasteiger charge is 2.58. The summed E-state index contributed by atoms with van der Waals surface area (Å²) in [6.45, 7) is 4.35. The van der Waals surface area contributed by atoms with Crippen LogP contribution in [0.25, 0.3) is 0 Å². The van der Waals surface area contributed by atoms with Crippen LogP contribution in [-0.4, -0.2) is 88.0 Å². The minimum atomic E-state index is -0.268. The Bertz CT molecular complexity index is 883. The highest BCUT2D eigenvalue weighted by atomic mass is 16.5. The summed E-state index contributed by atoms with van der Waals surface area (Å²) >= 11 is 0. The quantitative estimate of drug-likeness (QED) is 0.705. The second-order valence-corrected chi connectivity index (χ2v) is 10.8. The van der Waals surface area contributed by atoms with Crippen LogP contribution in [0, 0.1) is 0 Å². The number of morpholine rings is 1. The molecular weight excluding hydrogens is 416 g/mol. The van der Waals surface area contributed by atoms with Crippen molar-refractivity contribution in [1.82, 2.24) is 19.7 Å². The van der Waals surface area contributed by atoms with Crippen LogP contribution in [0.3, 0.4) is 0 Å². The molecule has 1 spiro atoms. The van der Waals surface area contributed by atoms with Crippen molar-refractivity contribution in [1.29, 1.82) is 0 Å². The molecule has 0 bridgehead atoms. The fourth-order valence-corrected chi connectivity index (χ4v) is 7.07. The molecule has 1 aromatic rings. The first-order valence-electron chi connectivity index (χ1n) is 13.0. The van der Waals surface area contributed by atoms with Gasteiger partial charge in [0.15, 0.2) is 0 Å². The minimum absolute atomic E-state index is 0.0256. The lowest BCUT2D eigenvalue weighted by Crippen LogP contribution is -2.54. The van der Waals surface area contributed by atoms with Crippen LogP contribution in [0.2, 0.25) is 0 Å². The Morgan fingerprint density at radius 2 is 1.97 bits per heavy atom. The molecule has 5 aliphatic rings. The van der Waals surface area contributed by atoms with Crippen LogP contribution in [-0.2, 0) is 14.3 Å². The second-order valence-electron chi connectivity index (χ2n) is 10.8. The van der Waals surface area contributed by atoms with E-state index in [9.17, 15) is 9.59 Å². The lowest BCUT2D eigenvalue weighted by atomic mass is 9.95. The first-order valence-corrected chi connectivity index (χ1v) is 13.0. The summed E-state index contributed by atoms with van der Waals surface area (Å²) in [5, 5.41) is 0. The molecule has 2 amide bonds. The van der Waals surface area contributed by atoms with Crippen molar-refractivity contribution in [3.8, 4) is 0 Å². The molecule has 7 heteroatoms. The number of rotatable bonds is 3. The monoisotopic (exact) mass is 452 g/mol. The third kappa shape index (κ3) is 3.97. The molecule has 7 nitrogen and oxygen atoms in total. The van der Waals surface area contributed by atoms with Gasteiger partial charge in [-0.2, -0.15) is 0 Å². The normalized spacial score (nSPS) is 34.2. The zero-order valence-corrected chi connectivity index (χ0v) is 19.5. The number of carbonyl (C=O) groups excluding carboxylic acids is 2. The summed E-state index contributed by atoms with van der Waals surface area (Å²) in [6, 6.07) is 4.56. The molecule has 4 atom stereocenters. The molecule has 1 saturated carbocycles. The standard InChI is InChI=1S/C26H36N4O3/c31-24-5-1-4-21(28-11-13-33-14-12-28)15-22-6-7-23(30(22)24)25(32)29-18-20(16-26(29)8-9-26)19-3-2-10-27-17-19/h2-3,10,17,20-23H,1,4-9,11-16,18H2/t20-,21-,22+,23-/m0/s1. The maximum absolute atomic E-state index is 14.0. The largest absolute Gasteiger partial charge is 0.379 e. The SMILES string of the molecule is O=C1CCC[C@H](N2CCOCC2)C[C@H]2CC[C@@H](C(=O)N3C[C@@H](c4cccnc4)CC34CC4)N12. The van der Waals surface area contributed by atoms with Crippen molar-refractivity contribution >= 4 is 11.8 Å². The molecule has 1 aromatic heterocycles. The van der Waals surface area contributed by atoms with Gasteiger partial charge in [0.1, 0.15) is 6.04 Å². The van der Waals surface area contributed by atoms with Crippen molar-refractivity contribution in [3.05, 3.63) is 30.1 Å². The average Bonchev–Trinajstić information content (AvgIpc) is 3.33. The van der Waals surface area contributed by atoms with Gasteiger partial charge in [-0.15, -0.1) is 0 Å². The maximum atomic E-state index is 14.0. The van der Waals surface area contributed by atoms with Gasteiger partial charge in [-0.3, -0.25) is 19.5 Å². The van der Waals surface area contributed by atoms with E-state index in [0.717, 1.165) is 84.2 Å². The Morgan fingerprint density at radius 1 is 1.12 bits per heavy atom. The zero-order chi connectivity index (χ0) is 22.4. The number of ether oxygens (including phenoxy) is 1. The van der Waals surface area contributed by atoms with Crippen LogP contribution in [0.5, 0.6) is 0 Å². The van der Waals surface area contributed by atoms with E-state index in [-0.39, 0.29) is 29.4 Å². The number of likely N-dealkylation sites (tertiary alicyclic amines) is 1. The predicted octanol–water partition coefficient (Wildman–Crippen LogP) is 2.56. The summed E-state index contributed by atoms with van der Waals surface area (Å²) in [5.41, 5.74) is 1.26. The van der Waals surface area contributed by atoms with E-state index >= 15 is 0 Å². The van der Waals surface area contributed by atoms with Gasteiger partial charge < -0.3 is 14.5 Å².